The number of benzene rings is 1. The number of nitrogens with two attached hydrogens (primary N) is 1. The number of thioether (sulfide) groups is 1. The van der Waals surface area contributed by atoms with Gasteiger partial charge in [-0.05, 0) is 42.0 Å². The second-order valence-electron chi connectivity index (χ2n) is 3.98. The van der Waals surface area contributed by atoms with E-state index in [0.29, 0.717) is 5.82 Å². The SMILES string of the molecule is CSc1ccc(-c2onc(N)c2-c2cccs2)cc1. The van der Waals surface area contributed by atoms with E-state index in [2.05, 4.69) is 23.5 Å². The Morgan fingerprint density at radius 3 is 2.63 bits per heavy atom. The third-order valence-electron chi connectivity index (χ3n) is 2.84. The van der Waals surface area contributed by atoms with Crippen LogP contribution in [0.25, 0.3) is 21.8 Å². The predicted molar refractivity (Wildman–Crippen MR) is 81.4 cm³/mol. The van der Waals surface area contributed by atoms with Gasteiger partial charge in [-0.2, -0.15) is 0 Å². The number of nitrogens with zero attached hydrogens (tertiary/aromatic N) is 1. The average Bonchev–Trinajstić information content (AvgIpc) is 3.08. The average molecular weight is 288 g/mol. The first-order chi connectivity index (χ1) is 9.29. The molecule has 0 fully saturated rings. The standard InChI is InChI=1S/C14H12N2OS2/c1-18-10-6-4-9(5-7-10)13-12(14(15)16-17-13)11-3-2-8-19-11/h2-8H,1H3,(H2,15,16). The van der Waals surface area contributed by atoms with E-state index in [9.17, 15) is 0 Å². The molecule has 3 rings (SSSR count). The number of hydrogen-bond acceptors (Lipinski definition) is 5. The van der Waals surface area contributed by atoms with Crippen LogP contribution in [0, 0.1) is 0 Å². The van der Waals surface area contributed by atoms with Gasteiger partial charge in [-0.25, -0.2) is 0 Å². The number of thiophene rings is 1. The van der Waals surface area contributed by atoms with E-state index in [-0.39, 0.29) is 0 Å². The van der Waals surface area contributed by atoms with Crippen molar-refractivity contribution < 1.29 is 4.52 Å². The topological polar surface area (TPSA) is 52.0 Å². The van der Waals surface area contributed by atoms with E-state index >= 15 is 0 Å². The highest BCUT2D eigenvalue weighted by Gasteiger charge is 2.18. The van der Waals surface area contributed by atoms with Gasteiger partial charge >= 0.3 is 0 Å². The Labute approximate surface area is 119 Å². The normalized spacial score (nSPS) is 10.8. The fraction of sp³-hybridized carbons (Fsp3) is 0.0714. The lowest BCUT2D eigenvalue weighted by molar-refractivity contribution is 0.436. The summed E-state index contributed by atoms with van der Waals surface area (Å²) in [6.45, 7) is 0. The largest absolute Gasteiger partial charge is 0.380 e. The first-order valence-electron chi connectivity index (χ1n) is 5.73. The Bertz CT molecular complexity index is 672. The van der Waals surface area contributed by atoms with E-state index in [1.54, 1.807) is 23.1 Å². The molecule has 0 radical (unpaired) electrons. The number of nitrogen functional groups attached to an aromatic ring is 1. The maximum atomic E-state index is 5.92. The Morgan fingerprint density at radius 2 is 2.00 bits per heavy atom. The molecule has 2 heterocycles. The summed E-state index contributed by atoms with van der Waals surface area (Å²) in [5.41, 5.74) is 7.80. The zero-order valence-corrected chi connectivity index (χ0v) is 11.9. The monoisotopic (exact) mass is 288 g/mol. The number of rotatable bonds is 3. The van der Waals surface area contributed by atoms with E-state index < -0.39 is 0 Å². The second kappa shape index (κ2) is 5.11. The van der Waals surface area contributed by atoms with Crippen molar-refractivity contribution in [2.75, 3.05) is 12.0 Å². The molecule has 1 aromatic carbocycles. The van der Waals surface area contributed by atoms with Crippen LogP contribution in [0.1, 0.15) is 0 Å². The summed E-state index contributed by atoms with van der Waals surface area (Å²) in [7, 11) is 0. The van der Waals surface area contributed by atoms with Crippen molar-refractivity contribution >= 4 is 28.9 Å². The molecular formula is C14H12N2OS2. The van der Waals surface area contributed by atoms with E-state index in [0.717, 1.165) is 21.8 Å². The van der Waals surface area contributed by atoms with Crippen LogP contribution in [0.15, 0.2) is 51.2 Å². The smallest absolute Gasteiger partial charge is 0.177 e. The van der Waals surface area contributed by atoms with Gasteiger partial charge in [0.25, 0.3) is 0 Å². The van der Waals surface area contributed by atoms with Gasteiger partial charge < -0.3 is 10.3 Å². The van der Waals surface area contributed by atoms with Gasteiger partial charge in [0.1, 0.15) is 0 Å². The molecule has 19 heavy (non-hydrogen) atoms. The van der Waals surface area contributed by atoms with Gasteiger partial charge in [-0.1, -0.05) is 11.2 Å². The highest BCUT2D eigenvalue weighted by molar-refractivity contribution is 7.98. The van der Waals surface area contributed by atoms with Gasteiger partial charge in [-0.3, -0.25) is 0 Å². The van der Waals surface area contributed by atoms with Crippen LogP contribution in [0.2, 0.25) is 0 Å². The highest BCUT2D eigenvalue weighted by atomic mass is 32.2. The zero-order valence-electron chi connectivity index (χ0n) is 10.3. The fourth-order valence-electron chi connectivity index (χ4n) is 1.90. The van der Waals surface area contributed by atoms with Crippen LogP contribution in [0.3, 0.4) is 0 Å². The molecule has 0 amide bonds. The van der Waals surface area contributed by atoms with Gasteiger partial charge in [0.05, 0.1) is 5.56 Å². The molecule has 0 atom stereocenters. The quantitative estimate of drug-likeness (QED) is 0.727. The highest BCUT2D eigenvalue weighted by Crippen LogP contribution is 2.39. The van der Waals surface area contributed by atoms with Crippen molar-refractivity contribution in [2.45, 2.75) is 4.90 Å². The molecule has 0 bridgehead atoms. The summed E-state index contributed by atoms with van der Waals surface area (Å²) in [5, 5.41) is 5.91. The summed E-state index contributed by atoms with van der Waals surface area (Å²) in [6, 6.07) is 12.2. The van der Waals surface area contributed by atoms with Crippen molar-refractivity contribution in [3.05, 3.63) is 41.8 Å². The molecule has 96 valence electrons. The molecule has 0 aliphatic heterocycles. The van der Waals surface area contributed by atoms with Crippen molar-refractivity contribution in [3.8, 4) is 21.8 Å². The molecule has 2 aromatic heterocycles. The lowest BCUT2D eigenvalue weighted by atomic mass is 10.1. The van der Waals surface area contributed by atoms with Crippen molar-refractivity contribution in [2.24, 2.45) is 0 Å². The van der Waals surface area contributed by atoms with E-state index in [1.807, 2.05) is 29.6 Å². The molecule has 0 aliphatic rings. The Hall–Kier alpha value is -1.72. The van der Waals surface area contributed by atoms with Gasteiger partial charge in [-0.15, -0.1) is 23.1 Å². The molecule has 3 nitrogen and oxygen atoms in total. The minimum Gasteiger partial charge on any atom is -0.380 e. The molecule has 0 unspecified atom stereocenters. The first kappa shape index (κ1) is 12.3. The molecule has 0 aliphatic carbocycles. The lowest BCUT2D eigenvalue weighted by Gasteiger charge is -2.01. The molecule has 0 saturated carbocycles. The van der Waals surface area contributed by atoms with Crippen LogP contribution in [0.5, 0.6) is 0 Å². The Balaban J connectivity index is 2.10. The Morgan fingerprint density at radius 1 is 1.21 bits per heavy atom. The summed E-state index contributed by atoms with van der Waals surface area (Å²) < 4.78 is 5.40. The molecule has 5 heteroatoms. The van der Waals surface area contributed by atoms with Gasteiger partial charge in [0.15, 0.2) is 11.6 Å². The Kier molecular flexibility index (Phi) is 3.31. The summed E-state index contributed by atoms with van der Waals surface area (Å²) >= 11 is 3.34. The van der Waals surface area contributed by atoms with Crippen LogP contribution in [-0.4, -0.2) is 11.4 Å². The van der Waals surface area contributed by atoms with Crippen molar-refractivity contribution in [1.29, 1.82) is 0 Å². The molecule has 0 spiro atoms. The van der Waals surface area contributed by atoms with E-state index in [4.69, 9.17) is 10.3 Å². The third kappa shape index (κ3) is 2.27. The predicted octanol–water partition coefficient (Wildman–Crippen LogP) is 4.37. The molecule has 0 saturated heterocycles. The molecule has 3 aromatic rings. The zero-order chi connectivity index (χ0) is 13.2. The number of hydrogen-bond donors (Lipinski definition) is 1. The van der Waals surface area contributed by atoms with Gasteiger partial charge in [0.2, 0.25) is 0 Å². The lowest BCUT2D eigenvalue weighted by Crippen LogP contribution is -1.86. The fourth-order valence-corrected chi connectivity index (χ4v) is 3.09. The number of aromatic nitrogens is 1. The maximum Gasteiger partial charge on any atom is 0.177 e. The van der Waals surface area contributed by atoms with Crippen LogP contribution in [0.4, 0.5) is 5.82 Å². The van der Waals surface area contributed by atoms with Crippen molar-refractivity contribution in [1.82, 2.24) is 5.16 Å². The summed E-state index contributed by atoms with van der Waals surface area (Å²) in [4.78, 5) is 2.29. The van der Waals surface area contributed by atoms with Crippen LogP contribution >= 0.6 is 23.1 Å². The number of anilines is 1. The van der Waals surface area contributed by atoms with Crippen LogP contribution in [-0.2, 0) is 0 Å². The summed E-state index contributed by atoms with van der Waals surface area (Å²) in [6.07, 6.45) is 2.05. The molecular weight excluding hydrogens is 276 g/mol. The van der Waals surface area contributed by atoms with Crippen molar-refractivity contribution in [3.63, 3.8) is 0 Å². The second-order valence-corrected chi connectivity index (χ2v) is 5.81. The van der Waals surface area contributed by atoms with E-state index in [1.165, 1.54) is 4.90 Å². The maximum absolute atomic E-state index is 5.92. The van der Waals surface area contributed by atoms with Gasteiger partial charge in [0, 0.05) is 15.3 Å². The van der Waals surface area contributed by atoms with Crippen LogP contribution < -0.4 is 5.73 Å². The minimum atomic E-state index is 0.436. The molecule has 2 N–H and O–H groups in total. The summed E-state index contributed by atoms with van der Waals surface area (Å²) in [5.74, 6) is 1.17. The minimum absolute atomic E-state index is 0.436. The first-order valence-corrected chi connectivity index (χ1v) is 7.83. The third-order valence-corrected chi connectivity index (χ3v) is 4.47.